The van der Waals surface area contributed by atoms with Crippen molar-refractivity contribution in [3.63, 3.8) is 0 Å². The van der Waals surface area contributed by atoms with Crippen LogP contribution in [0, 0.1) is 18.7 Å². The van der Waals surface area contributed by atoms with Gasteiger partial charge in [-0.25, -0.2) is 4.39 Å². The SMILES string of the molecule is CCc1cc(=O)n(C2CC2)c2c(C)c(N3CC[C@@H]([C@H](C)N)C3)c(F)cc12. The molecule has 2 aromatic rings. The van der Waals surface area contributed by atoms with Gasteiger partial charge in [-0.1, -0.05) is 6.92 Å². The Morgan fingerprint density at radius 2 is 2.04 bits per heavy atom. The molecule has 5 heteroatoms. The van der Waals surface area contributed by atoms with E-state index in [9.17, 15) is 4.79 Å². The zero-order valence-electron chi connectivity index (χ0n) is 15.9. The molecule has 1 aliphatic heterocycles. The molecule has 1 aromatic heterocycles. The quantitative estimate of drug-likeness (QED) is 0.911. The van der Waals surface area contributed by atoms with Crippen LogP contribution < -0.4 is 16.2 Å². The van der Waals surface area contributed by atoms with E-state index in [1.165, 1.54) is 0 Å². The van der Waals surface area contributed by atoms with Crippen LogP contribution in [-0.4, -0.2) is 23.7 Å². The normalized spacial score (nSPS) is 21.6. The second kappa shape index (κ2) is 6.38. The van der Waals surface area contributed by atoms with Crippen molar-refractivity contribution in [2.75, 3.05) is 18.0 Å². The van der Waals surface area contributed by atoms with Crippen LogP contribution in [-0.2, 0) is 6.42 Å². The lowest BCUT2D eigenvalue weighted by Gasteiger charge is -2.25. The second-order valence-electron chi connectivity index (χ2n) is 8.04. The van der Waals surface area contributed by atoms with E-state index in [1.807, 2.05) is 25.3 Å². The molecule has 2 fully saturated rings. The highest BCUT2D eigenvalue weighted by Crippen LogP contribution is 2.40. The maximum Gasteiger partial charge on any atom is 0.251 e. The van der Waals surface area contributed by atoms with Gasteiger partial charge in [0, 0.05) is 36.6 Å². The van der Waals surface area contributed by atoms with Gasteiger partial charge in [-0.2, -0.15) is 0 Å². The summed E-state index contributed by atoms with van der Waals surface area (Å²) in [6, 6.07) is 3.72. The number of halogens is 1. The van der Waals surface area contributed by atoms with Crippen LogP contribution in [0.25, 0.3) is 10.9 Å². The van der Waals surface area contributed by atoms with Crippen LogP contribution in [0.2, 0.25) is 0 Å². The molecule has 4 nitrogen and oxygen atoms in total. The van der Waals surface area contributed by atoms with E-state index in [4.69, 9.17) is 5.73 Å². The van der Waals surface area contributed by atoms with Gasteiger partial charge in [-0.15, -0.1) is 0 Å². The predicted molar refractivity (Wildman–Crippen MR) is 105 cm³/mol. The molecular formula is C21H28FN3O. The first-order chi connectivity index (χ1) is 12.4. The predicted octanol–water partition coefficient (Wildman–Crippen LogP) is 3.52. The van der Waals surface area contributed by atoms with Gasteiger partial charge in [-0.05, 0) is 62.6 Å². The molecule has 0 spiro atoms. The van der Waals surface area contributed by atoms with Gasteiger partial charge in [0.1, 0.15) is 5.82 Å². The van der Waals surface area contributed by atoms with Crippen LogP contribution in [0.15, 0.2) is 16.9 Å². The number of hydrogen-bond acceptors (Lipinski definition) is 3. The third-order valence-corrected chi connectivity index (χ3v) is 6.16. The highest BCUT2D eigenvalue weighted by molar-refractivity contribution is 5.90. The fourth-order valence-electron chi connectivity index (χ4n) is 4.51. The fourth-order valence-corrected chi connectivity index (χ4v) is 4.51. The summed E-state index contributed by atoms with van der Waals surface area (Å²) < 4.78 is 17.1. The molecule has 0 amide bonds. The minimum absolute atomic E-state index is 0.0485. The average Bonchev–Trinajstić information content (AvgIpc) is 3.31. The van der Waals surface area contributed by atoms with Crippen molar-refractivity contribution in [2.24, 2.45) is 11.7 Å². The largest absolute Gasteiger partial charge is 0.369 e. The molecule has 4 rings (SSSR count). The molecule has 0 bridgehead atoms. The summed E-state index contributed by atoms with van der Waals surface area (Å²) in [4.78, 5) is 14.9. The lowest BCUT2D eigenvalue weighted by Crippen LogP contribution is -2.30. The van der Waals surface area contributed by atoms with Crippen LogP contribution in [0.1, 0.15) is 50.3 Å². The minimum Gasteiger partial charge on any atom is -0.369 e. The van der Waals surface area contributed by atoms with Gasteiger partial charge in [0.05, 0.1) is 11.2 Å². The lowest BCUT2D eigenvalue weighted by atomic mass is 10.0. The summed E-state index contributed by atoms with van der Waals surface area (Å²) >= 11 is 0. The van der Waals surface area contributed by atoms with E-state index >= 15 is 4.39 Å². The molecule has 1 aromatic carbocycles. The first kappa shape index (κ1) is 17.5. The summed E-state index contributed by atoms with van der Waals surface area (Å²) in [5, 5.41) is 0.890. The van der Waals surface area contributed by atoms with Gasteiger partial charge < -0.3 is 15.2 Å². The zero-order valence-corrected chi connectivity index (χ0v) is 15.9. The number of hydrogen-bond donors (Lipinski definition) is 1. The van der Waals surface area contributed by atoms with Crippen molar-refractivity contribution in [3.05, 3.63) is 39.4 Å². The summed E-state index contributed by atoms with van der Waals surface area (Å²) in [5.41, 5.74) is 9.53. The lowest BCUT2D eigenvalue weighted by molar-refractivity contribution is 0.487. The Kier molecular flexibility index (Phi) is 4.30. The van der Waals surface area contributed by atoms with Crippen LogP contribution in [0.4, 0.5) is 10.1 Å². The van der Waals surface area contributed by atoms with Crippen molar-refractivity contribution >= 4 is 16.6 Å². The highest BCUT2D eigenvalue weighted by atomic mass is 19.1. The van der Waals surface area contributed by atoms with Gasteiger partial charge in [-0.3, -0.25) is 4.79 Å². The molecule has 140 valence electrons. The summed E-state index contributed by atoms with van der Waals surface area (Å²) in [6.45, 7) is 7.61. The van der Waals surface area contributed by atoms with Crippen molar-refractivity contribution < 1.29 is 4.39 Å². The monoisotopic (exact) mass is 357 g/mol. The number of pyridine rings is 1. The molecule has 1 saturated heterocycles. The molecule has 2 atom stereocenters. The number of benzene rings is 1. The Morgan fingerprint density at radius 3 is 2.62 bits per heavy atom. The number of nitrogens with zero attached hydrogens (tertiary/aromatic N) is 2. The fraction of sp³-hybridized carbons (Fsp3) is 0.571. The Labute approximate surface area is 153 Å². The minimum atomic E-state index is -0.184. The van der Waals surface area contributed by atoms with Gasteiger partial charge in [0.25, 0.3) is 5.56 Å². The number of aromatic nitrogens is 1. The van der Waals surface area contributed by atoms with Crippen LogP contribution in [0.5, 0.6) is 0 Å². The Hall–Kier alpha value is -1.88. The van der Waals surface area contributed by atoms with E-state index in [2.05, 4.69) is 4.90 Å². The summed E-state index contributed by atoms with van der Waals surface area (Å²) in [6.07, 6.45) is 3.77. The maximum absolute atomic E-state index is 15.2. The molecule has 1 saturated carbocycles. The van der Waals surface area contributed by atoms with Gasteiger partial charge in [0.15, 0.2) is 0 Å². The van der Waals surface area contributed by atoms with E-state index in [0.29, 0.717) is 11.6 Å². The standard InChI is InChI=1S/C21H28FN3O/c1-4-14-9-19(26)25(16-5-6-16)20-12(2)21(18(22)10-17(14)20)24-8-7-15(11-24)13(3)23/h9-10,13,15-16H,4-8,11,23H2,1-3H3/t13-,15+/m0/s1. The number of anilines is 1. The molecule has 2 aliphatic rings. The zero-order chi connectivity index (χ0) is 18.6. The molecule has 1 aliphatic carbocycles. The van der Waals surface area contributed by atoms with E-state index < -0.39 is 0 Å². The van der Waals surface area contributed by atoms with Gasteiger partial charge >= 0.3 is 0 Å². The molecular weight excluding hydrogens is 329 g/mol. The second-order valence-corrected chi connectivity index (χ2v) is 8.04. The van der Waals surface area contributed by atoms with Crippen molar-refractivity contribution in [1.82, 2.24) is 4.57 Å². The van der Waals surface area contributed by atoms with Crippen molar-refractivity contribution in [2.45, 2.75) is 58.5 Å². The molecule has 0 unspecified atom stereocenters. The Morgan fingerprint density at radius 1 is 1.31 bits per heavy atom. The van der Waals surface area contributed by atoms with E-state index in [-0.39, 0.29) is 23.5 Å². The number of nitrogens with two attached hydrogens (primary N) is 1. The highest BCUT2D eigenvalue weighted by Gasteiger charge is 2.31. The third-order valence-electron chi connectivity index (χ3n) is 6.16. The number of rotatable bonds is 4. The van der Waals surface area contributed by atoms with Crippen LogP contribution >= 0.6 is 0 Å². The first-order valence-corrected chi connectivity index (χ1v) is 9.80. The maximum atomic E-state index is 15.2. The molecule has 2 heterocycles. The van der Waals surface area contributed by atoms with Gasteiger partial charge in [0.2, 0.25) is 0 Å². The molecule has 26 heavy (non-hydrogen) atoms. The van der Waals surface area contributed by atoms with Crippen LogP contribution in [0.3, 0.4) is 0 Å². The Balaban J connectivity index is 1.93. The van der Waals surface area contributed by atoms with Crippen molar-refractivity contribution in [3.8, 4) is 0 Å². The molecule has 2 N–H and O–H groups in total. The average molecular weight is 357 g/mol. The number of aryl methyl sites for hydroxylation is 2. The first-order valence-electron chi connectivity index (χ1n) is 9.80. The summed E-state index contributed by atoms with van der Waals surface area (Å²) in [7, 11) is 0. The molecule has 0 radical (unpaired) electrons. The number of fused-ring (bicyclic) bond motifs is 1. The third kappa shape index (κ3) is 2.73. The topological polar surface area (TPSA) is 51.3 Å². The van der Waals surface area contributed by atoms with E-state index in [1.54, 1.807) is 12.1 Å². The van der Waals surface area contributed by atoms with Crippen molar-refractivity contribution in [1.29, 1.82) is 0 Å². The smallest absolute Gasteiger partial charge is 0.251 e. The van der Waals surface area contributed by atoms with E-state index in [0.717, 1.165) is 60.8 Å². The Bertz CT molecular complexity index is 914. The summed E-state index contributed by atoms with van der Waals surface area (Å²) in [5.74, 6) is 0.202.